The molecule has 0 radical (unpaired) electrons. The maximum absolute atomic E-state index is 5.15. The lowest BCUT2D eigenvalue weighted by atomic mass is 10.2. The van der Waals surface area contributed by atoms with Gasteiger partial charge in [-0.25, -0.2) is 0 Å². The van der Waals surface area contributed by atoms with Gasteiger partial charge < -0.3 is 4.74 Å². The predicted molar refractivity (Wildman–Crippen MR) is 66.6 cm³/mol. The summed E-state index contributed by atoms with van der Waals surface area (Å²) in [6, 6.07) is 8.33. The molecule has 0 saturated carbocycles. The molecule has 0 saturated heterocycles. The summed E-state index contributed by atoms with van der Waals surface area (Å²) in [6.07, 6.45) is 0. The third-order valence-corrected chi connectivity index (χ3v) is 3.22. The number of hydrogen-bond donors (Lipinski definition) is 0. The quantitative estimate of drug-likeness (QED) is 0.722. The fraction of sp³-hybridized carbons (Fsp3) is 0.429. The second-order valence-corrected chi connectivity index (χ2v) is 4.55. The zero-order valence-corrected chi connectivity index (χ0v) is 10.3. The molecule has 2 nitrogen and oxygen atoms in total. The van der Waals surface area contributed by atoms with Crippen molar-refractivity contribution in [2.45, 2.75) is 20.4 Å². The number of rotatable bonds is 3. The van der Waals surface area contributed by atoms with Gasteiger partial charge in [-0.3, -0.25) is 4.90 Å². The summed E-state index contributed by atoms with van der Waals surface area (Å²) in [6.45, 7) is 7.70. The van der Waals surface area contributed by atoms with Gasteiger partial charge in [0.25, 0.3) is 0 Å². The van der Waals surface area contributed by atoms with Crippen LogP contribution in [0.25, 0.3) is 0 Å². The van der Waals surface area contributed by atoms with Gasteiger partial charge in [-0.1, -0.05) is 23.3 Å². The van der Waals surface area contributed by atoms with Gasteiger partial charge >= 0.3 is 0 Å². The van der Waals surface area contributed by atoms with Gasteiger partial charge in [-0.2, -0.15) is 0 Å². The predicted octanol–water partition coefficient (Wildman–Crippen LogP) is 2.85. The molecule has 0 N–H and O–H groups in total. The smallest absolute Gasteiger partial charge is 0.118 e. The van der Waals surface area contributed by atoms with Crippen LogP contribution in [-0.2, 0) is 6.54 Å². The van der Waals surface area contributed by atoms with Gasteiger partial charge in [0.2, 0.25) is 0 Å². The molecule has 0 fully saturated rings. The molecule has 2 rings (SSSR count). The number of benzene rings is 1. The van der Waals surface area contributed by atoms with Crippen LogP contribution in [0.5, 0.6) is 5.75 Å². The highest BCUT2D eigenvalue weighted by atomic mass is 16.5. The highest BCUT2D eigenvalue weighted by Crippen LogP contribution is 2.19. The van der Waals surface area contributed by atoms with E-state index < -0.39 is 0 Å². The van der Waals surface area contributed by atoms with Crippen LogP contribution < -0.4 is 4.74 Å². The summed E-state index contributed by atoms with van der Waals surface area (Å²) in [4.78, 5) is 2.46. The fourth-order valence-corrected chi connectivity index (χ4v) is 2.10. The zero-order chi connectivity index (χ0) is 11.5. The van der Waals surface area contributed by atoms with E-state index in [0.29, 0.717) is 0 Å². The standard InChI is InChI=1S/C14H19NO/c1-11-8-15(9-12(11)2)10-13-4-6-14(16-3)7-5-13/h4-7H,8-10H2,1-3H3. The Labute approximate surface area is 97.5 Å². The minimum absolute atomic E-state index is 0.927. The van der Waals surface area contributed by atoms with Crippen molar-refractivity contribution in [1.82, 2.24) is 4.90 Å². The zero-order valence-electron chi connectivity index (χ0n) is 10.3. The Morgan fingerprint density at radius 2 is 1.62 bits per heavy atom. The van der Waals surface area contributed by atoms with Crippen LogP contribution in [0, 0.1) is 0 Å². The summed E-state index contributed by atoms with van der Waals surface area (Å²) in [5.41, 5.74) is 4.39. The lowest BCUT2D eigenvalue weighted by Gasteiger charge is -2.15. The van der Waals surface area contributed by atoms with Crippen molar-refractivity contribution >= 4 is 0 Å². The van der Waals surface area contributed by atoms with E-state index in [1.807, 2.05) is 12.1 Å². The monoisotopic (exact) mass is 217 g/mol. The molecule has 0 spiro atoms. The van der Waals surface area contributed by atoms with Crippen molar-refractivity contribution in [2.24, 2.45) is 0 Å². The van der Waals surface area contributed by atoms with Crippen LogP contribution in [0.15, 0.2) is 35.4 Å². The number of methoxy groups -OCH3 is 1. The Kier molecular flexibility index (Phi) is 3.30. The first kappa shape index (κ1) is 11.2. The first-order valence-electron chi connectivity index (χ1n) is 5.69. The van der Waals surface area contributed by atoms with E-state index in [1.165, 1.54) is 16.7 Å². The fourth-order valence-electron chi connectivity index (χ4n) is 2.10. The third-order valence-electron chi connectivity index (χ3n) is 3.22. The average Bonchev–Trinajstić information content (AvgIpc) is 2.59. The summed E-state index contributed by atoms with van der Waals surface area (Å²) >= 11 is 0. The Balaban J connectivity index is 1.95. The van der Waals surface area contributed by atoms with Gasteiger partial charge in [0.15, 0.2) is 0 Å². The molecule has 2 heteroatoms. The molecule has 0 amide bonds. The Bertz CT molecular complexity index is 378. The highest BCUT2D eigenvalue weighted by molar-refractivity contribution is 5.28. The molecule has 0 unspecified atom stereocenters. The van der Waals surface area contributed by atoms with Crippen LogP contribution >= 0.6 is 0 Å². The molecule has 1 aromatic carbocycles. The summed E-state index contributed by atoms with van der Waals surface area (Å²) in [5.74, 6) is 0.927. The molecule has 0 bridgehead atoms. The topological polar surface area (TPSA) is 12.5 Å². The summed E-state index contributed by atoms with van der Waals surface area (Å²) < 4.78 is 5.15. The molecular formula is C14H19NO. The van der Waals surface area contributed by atoms with Crippen molar-refractivity contribution in [3.63, 3.8) is 0 Å². The van der Waals surface area contributed by atoms with Crippen molar-refractivity contribution < 1.29 is 4.74 Å². The Morgan fingerprint density at radius 3 is 2.12 bits per heavy atom. The second-order valence-electron chi connectivity index (χ2n) is 4.55. The van der Waals surface area contributed by atoms with E-state index in [1.54, 1.807) is 7.11 Å². The maximum Gasteiger partial charge on any atom is 0.118 e. The van der Waals surface area contributed by atoms with Crippen LogP contribution in [-0.4, -0.2) is 25.1 Å². The molecule has 16 heavy (non-hydrogen) atoms. The van der Waals surface area contributed by atoms with E-state index >= 15 is 0 Å². The minimum Gasteiger partial charge on any atom is -0.497 e. The summed E-state index contributed by atoms with van der Waals surface area (Å²) in [7, 11) is 1.70. The normalized spacial score (nSPS) is 16.9. The number of ether oxygens (including phenoxy) is 1. The van der Waals surface area contributed by atoms with E-state index in [4.69, 9.17) is 4.74 Å². The molecule has 0 aromatic heterocycles. The molecule has 1 heterocycles. The molecule has 1 aliphatic heterocycles. The van der Waals surface area contributed by atoms with Gasteiger partial charge in [0.1, 0.15) is 5.75 Å². The molecular weight excluding hydrogens is 198 g/mol. The first-order valence-corrected chi connectivity index (χ1v) is 5.69. The number of hydrogen-bond acceptors (Lipinski definition) is 2. The van der Waals surface area contributed by atoms with Crippen LogP contribution in [0.2, 0.25) is 0 Å². The van der Waals surface area contributed by atoms with Crippen molar-refractivity contribution in [3.05, 3.63) is 41.0 Å². The summed E-state index contributed by atoms with van der Waals surface area (Å²) in [5, 5.41) is 0. The third kappa shape index (κ3) is 2.45. The van der Waals surface area contributed by atoms with E-state index in [-0.39, 0.29) is 0 Å². The molecule has 0 atom stereocenters. The van der Waals surface area contributed by atoms with Crippen LogP contribution in [0.4, 0.5) is 0 Å². The van der Waals surface area contributed by atoms with Crippen molar-refractivity contribution in [2.75, 3.05) is 20.2 Å². The molecule has 1 aliphatic rings. The lowest BCUT2D eigenvalue weighted by molar-refractivity contribution is 0.337. The SMILES string of the molecule is COc1ccc(CN2CC(C)=C(C)C2)cc1. The van der Waals surface area contributed by atoms with Crippen molar-refractivity contribution in [1.29, 1.82) is 0 Å². The second kappa shape index (κ2) is 4.71. The maximum atomic E-state index is 5.15. The molecule has 1 aromatic rings. The minimum atomic E-state index is 0.927. The first-order chi connectivity index (χ1) is 7.69. The van der Waals surface area contributed by atoms with Crippen molar-refractivity contribution in [3.8, 4) is 5.75 Å². The molecule has 0 aliphatic carbocycles. The Hall–Kier alpha value is -1.28. The molecule has 86 valence electrons. The number of nitrogens with zero attached hydrogens (tertiary/aromatic N) is 1. The van der Waals surface area contributed by atoms with Gasteiger partial charge in [0, 0.05) is 19.6 Å². The van der Waals surface area contributed by atoms with E-state index in [2.05, 4.69) is 30.9 Å². The van der Waals surface area contributed by atoms with E-state index in [9.17, 15) is 0 Å². The van der Waals surface area contributed by atoms with Crippen LogP contribution in [0.3, 0.4) is 0 Å². The Morgan fingerprint density at radius 1 is 1.06 bits per heavy atom. The van der Waals surface area contributed by atoms with E-state index in [0.717, 1.165) is 25.4 Å². The van der Waals surface area contributed by atoms with Gasteiger partial charge in [-0.05, 0) is 31.5 Å². The van der Waals surface area contributed by atoms with Gasteiger partial charge in [0.05, 0.1) is 7.11 Å². The lowest BCUT2D eigenvalue weighted by Crippen LogP contribution is -2.20. The van der Waals surface area contributed by atoms with Crippen LogP contribution in [0.1, 0.15) is 19.4 Å². The average molecular weight is 217 g/mol. The highest BCUT2D eigenvalue weighted by Gasteiger charge is 2.15. The largest absolute Gasteiger partial charge is 0.497 e. The van der Waals surface area contributed by atoms with Gasteiger partial charge in [-0.15, -0.1) is 0 Å².